The van der Waals surface area contributed by atoms with E-state index >= 15 is 0 Å². The molecule has 8 heteroatoms. The number of carbonyl (C=O) groups excluding carboxylic acids is 1. The molecule has 1 fully saturated rings. The van der Waals surface area contributed by atoms with E-state index in [2.05, 4.69) is 5.32 Å². The number of hydrogen-bond acceptors (Lipinski definition) is 4. The molecule has 1 aromatic carbocycles. The number of carboxylic acid groups (broad SMARTS) is 1. The lowest BCUT2D eigenvalue weighted by molar-refractivity contribution is -0.141. The highest BCUT2D eigenvalue weighted by Crippen LogP contribution is 2.21. The van der Waals surface area contributed by atoms with Crippen LogP contribution in [0, 0.1) is 5.92 Å². The fraction of sp³-hybridized carbons (Fsp3) is 0.556. The maximum Gasteiger partial charge on any atom is 0.308 e. The quantitative estimate of drug-likeness (QED) is 0.784. The van der Waals surface area contributed by atoms with Crippen LogP contribution in [0.5, 0.6) is 0 Å². The van der Waals surface area contributed by atoms with E-state index in [1.165, 1.54) is 35.5 Å². The predicted octanol–water partition coefficient (Wildman–Crippen LogP) is 2.09. The van der Waals surface area contributed by atoms with Crippen LogP contribution in [0.4, 0.5) is 0 Å². The van der Waals surface area contributed by atoms with Gasteiger partial charge >= 0.3 is 5.97 Å². The first-order chi connectivity index (χ1) is 12.2. The Hall–Kier alpha value is -1.93. The van der Waals surface area contributed by atoms with Crippen LogP contribution in [0.3, 0.4) is 0 Å². The molecule has 2 atom stereocenters. The molecule has 0 radical (unpaired) electrons. The Morgan fingerprint density at radius 3 is 2.31 bits per heavy atom. The Labute approximate surface area is 154 Å². The summed E-state index contributed by atoms with van der Waals surface area (Å²) in [5.41, 5.74) is 0.199. The Bertz CT molecular complexity index is 755. The summed E-state index contributed by atoms with van der Waals surface area (Å²) >= 11 is 0. The maximum absolute atomic E-state index is 12.9. The van der Waals surface area contributed by atoms with Gasteiger partial charge < -0.3 is 10.4 Å². The summed E-state index contributed by atoms with van der Waals surface area (Å²) in [4.78, 5) is 23.5. The van der Waals surface area contributed by atoms with E-state index < -0.39 is 33.9 Å². The molecule has 1 saturated heterocycles. The molecule has 0 saturated carbocycles. The summed E-state index contributed by atoms with van der Waals surface area (Å²) in [7, 11) is -3.64. The molecule has 0 aromatic heterocycles. The maximum atomic E-state index is 12.9. The van der Waals surface area contributed by atoms with Gasteiger partial charge in [0.05, 0.1) is 10.8 Å². The minimum atomic E-state index is -3.64. The molecule has 1 aromatic rings. The summed E-state index contributed by atoms with van der Waals surface area (Å²) in [6, 6.07) is 5.32. The lowest BCUT2D eigenvalue weighted by Crippen LogP contribution is -2.40. The third-order valence-corrected chi connectivity index (χ3v) is 6.69. The minimum Gasteiger partial charge on any atom is -0.481 e. The minimum absolute atomic E-state index is 0.0889. The molecule has 0 spiro atoms. The van der Waals surface area contributed by atoms with Gasteiger partial charge in [0.25, 0.3) is 5.91 Å². The molecule has 1 heterocycles. The highest BCUT2D eigenvalue weighted by Gasteiger charge is 2.26. The van der Waals surface area contributed by atoms with Crippen LogP contribution in [0.1, 0.15) is 49.9 Å². The number of rotatable bonds is 6. The highest BCUT2D eigenvalue weighted by atomic mass is 32.2. The van der Waals surface area contributed by atoms with E-state index in [9.17, 15) is 18.0 Å². The molecule has 1 amide bonds. The number of nitrogens with zero attached hydrogens (tertiary/aromatic N) is 1. The summed E-state index contributed by atoms with van der Waals surface area (Å²) < 4.78 is 27.2. The number of nitrogens with one attached hydrogen (secondary N) is 1. The van der Waals surface area contributed by atoms with Crippen LogP contribution < -0.4 is 5.32 Å². The number of sulfonamides is 1. The molecule has 2 unspecified atom stereocenters. The number of carboxylic acids is 1. The van der Waals surface area contributed by atoms with Crippen molar-refractivity contribution in [3.05, 3.63) is 29.8 Å². The van der Waals surface area contributed by atoms with Crippen molar-refractivity contribution in [3.8, 4) is 0 Å². The molecule has 1 aliphatic rings. The second-order valence-corrected chi connectivity index (χ2v) is 8.67. The first-order valence-electron chi connectivity index (χ1n) is 8.87. The van der Waals surface area contributed by atoms with Crippen molar-refractivity contribution in [1.29, 1.82) is 0 Å². The molecule has 1 aliphatic heterocycles. The van der Waals surface area contributed by atoms with Gasteiger partial charge in [0.1, 0.15) is 0 Å². The van der Waals surface area contributed by atoms with Gasteiger partial charge in [-0.05, 0) is 44.9 Å². The van der Waals surface area contributed by atoms with E-state index in [4.69, 9.17) is 5.11 Å². The SMILES string of the molecule is CC(NC(=O)c1cccc(S(=O)(=O)N2CCCCCC2)c1)C(C)C(=O)O. The first-order valence-corrected chi connectivity index (χ1v) is 10.3. The number of carbonyl (C=O) groups is 2. The largest absolute Gasteiger partial charge is 0.481 e. The standard InChI is InChI=1S/C18H26N2O5S/c1-13(18(22)23)14(2)19-17(21)15-8-7-9-16(12-15)26(24,25)20-10-5-3-4-6-11-20/h7-9,12-14H,3-6,10-11H2,1-2H3,(H,19,21)(H,22,23). The Morgan fingerprint density at radius 2 is 1.73 bits per heavy atom. The molecular formula is C18H26N2O5S. The average molecular weight is 382 g/mol. The second-order valence-electron chi connectivity index (χ2n) is 6.74. The van der Waals surface area contributed by atoms with E-state index in [1.807, 2.05) is 0 Å². The van der Waals surface area contributed by atoms with Crippen LogP contribution in [-0.4, -0.2) is 48.8 Å². The molecule has 0 bridgehead atoms. The zero-order chi connectivity index (χ0) is 19.3. The van der Waals surface area contributed by atoms with Crippen molar-refractivity contribution < 1.29 is 23.1 Å². The van der Waals surface area contributed by atoms with Gasteiger partial charge in [-0.1, -0.05) is 18.9 Å². The van der Waals surface area contributed by atoms with Crippen molar-refractivity contribution >= 4 is 21.9 Å². The number of hydrogen-bond donors (Lipinski definition) is 2. The number of benzene rings is 1. The zero-order valence-corrected chi connectivity index (χ0v) is 16.0. The Balaban J connectivity index is 2.18. The molecule has 2 rings (SSSR count). The fourth-order valence-corrected chi connectivity index (χ4v) is 4.42. The smallest absolute Gasteiger partial charge is 0.308 e. The van der Waals surface area contributed by atoms with Crippen molar-refractivity contribution in [3.63, 3.8) is 0 Å². The van der Waals surface area contributed by atoms with Crippen molar-refractivity contribution in [2.24, 2.45) is 5.92 Å². The first kappa shape index (κ1) is 20.4. The second kappa shape index (κ2) is 8.64. The van der Waals surface area contributed by atoms with Gasteiger partial charge in [-0.25, -0.2) is 8.42 Å². The molecule has 7 nitrogen and oxygen atoms in total. The Morgan fingerprint density at radius 1 is 1.12 bits per heavy atom. The summed E-state index contributed by atoms with van der Waals surface area (Å²) in [5, 5.41) is 11.6. The van der Waals surface area contributed by atoms with Gasteiger partial charge in [0, 0.05) is 24.7 Å². The number of aliphatic carboxylic acids is 1. The molecule has 2 N–H and O–H groups in total. The lowest BCUT2D eigenvalue weighted by atomic mass is 10.0. The molecule has 0 aliphatic carbocycles. The van der Waals surface area contributed by atoms with Gasteiger partial charge in [-0.15, -0.1) is 0 Å². The average Bonchev–Trinajstić information content (AvgIpc) is 2.90. The third-order valence-electron chi connectivity index (χ3n) is 4.80. The number of amides is 1. The summed E-state index contributed by atoms with van der Waals surface area (Å²) in [6.45, 7) is 4.10. The summed E-state index contributed by atoms with van der Waals surface area (Å²) in [6.07, 6.45) is 3.72. The van der Waals surface area contributed by atoms with Gasteiger partial charge in [0.2, 0.25) is 10.0 Å². The highest BCUT2D eigenvalue weighted by molar-refractivity contribution is 7.89. The van der Waals surface area contributed by atoms with Gasteiger partial charge in [0.15, 0.2) is 0 Å². The van der Waals surface area contributed by atoms with Crippen LogP contribution in [0.15, 0.2) is 29.2 Å². The normalized spacial score (nSPS) is 18.5. The molecular weight excluding hydrogens is 356 g/mol. The van der Waals surface area contributed by atoms with Gasteiger partial charge in [-0.2, -0.15) is 4.31 Å². The van der Waals surface area contributed by atoms with Crippen LogP contribution in [0.25, 0.3) is 0 Å². The van der Waals surface area contributed by atoms with Crippen LogP contribution >= 0.6 is 0 Å². The van der Waals surface area contributed by atoms with Crippen molar-refractivity contribution in [2.45, 2.75) is 50.5 Å². The fourth-order valence-electron chi connectivity index (χ4n) is 2.86. The monoisotopic (exact) mass is 382 g/mol. The van der Waals surface area contributed by atoms with Crippen LogP contribution in [-0.2, 0) is 14.8 Å². The topological polar surface area (TPSA) is 104 Å². The van der Waals surface area contributed by atoms with E-state index in [0.717, 1.165) is 25.7 Å². The summed E-state index contributed by atoms with van der Waals surface area (Å²) in [5.74, 6) is -2.24. The van der Waals surface area contributed by atoms with Crippen LogP contribution in [0.2, 0.25) is 0 Å². The predicted molar refractivity (Wildman–Crippen MR) is 97.4 cm³/mol. The van der Waals surface area contributed by atoms with E-state index in [0.29, 0.717) is 13.1 Å². The van der Waals surface area contributed by atoms with E-state index in [-0.39, 0.29) is 10.5 Å². The molecule has 26 heavy (non-hydrogen) atoms. The molecule has 144 valence electrons. The zero-order valence-electron chi connectivity index (χ0n) is 15.1. The third kappa shape index (κ3) is 4.82. The van der Waals surface area contributed by atoms with E-state index in [1.54, 1.807) is 6.92 Å². The lowest BCUT2D eigenvalue weighted by Gasteiger charge is -2.21. The van der Waals surface area contributed by atoms with Gasteiger partial charge in [-0.3, -0.25) is 9.59 Å². The van der Waals surface area contributed by atoms with Crippen molar-refractivity contribution in [1.82, 2.24) is 9.62 Å². The van der Waals surface area contributed by atoms with Crippen molar-refractivity contribution in [2.75, 3.05) is 13.1 Å². The Kier molecular flexibility index (Phi) is 6.77.